The molecule has 0 fully saturated rings. The van der Waals surface area contributed by atoms with Crippen molar-refractivity contribution < 1.29 is 4.74 Å². The zero-order valence-electron chi connectivity index (χ0n) is 16.1. The molecule has 126 valence electrons. The van der Waals surface area contributed by atoms with Crippen LogP contribution in [-0.2, 0) is 10.8 Å². The molecule has 0 saturated carbocycles. The molecule has 1 heteroatoms. The quantitative estimate of drug-likeness (QED) is 0.495. The molecule has 0 aromatic heterocycles. The van der Waals surface area contributed by atoms with Crippen LogP contribution in [0.3, 0.4) is 0 Å². The third-order valence-electron chi connectivity index (χ3n) is 5.30. The number of rotatable bonds is 8. The number of hydrogen-bond donors (Lipinski definition) is 0. The van der Waals surface area contributed by atoms with Crippen molar-refractivity contribution in [1.29, 1.82) is 0 Å². The summed E-state index contributed by atoms with van der Waals surface area (Å²) in [6.45, 7) is 19.1. The van der Waals surface area contributed by atoms with Gasteiger partial charge >= 0.3 is 0 Å². The number of aryl methyl sites for hydroxylation is 1. The van der Waals surface area contributed by atoms with E-state index in [9.17, 15) is 0 Å². The zero-order valence-corrected chi connectivity index (χ0v) is 16.1. The van der Waals surface area contributed by atoms with Gasteiger partial charge in [0.1, 0.15) is 5.75 Å². The Morgan fingerprint density at radius 3 is 2.00 bits per heavy atom. The average Bonchev–Trinajstić information content (AvgIpc) is 2.48. The van der Waals surface area contributed by atoms with Gasteiger partial charge in [-0.1, -0.05) is 67.0 Å². The lowest BCUT2D eigenvalue weighted by Crippen LogP contribution is -2.22. The van der Waals surface area contributed by atoms with Gasteiger partial charge in [-0.15, -0.1) is 0 Å². The summed E-state index contributed by atoms with van der Waals surface area (Å²) in [7, 11) is 0. The topological polar surface area (TPSA) is 9.23 Å². The molecule has 0 atom stereocenters. The van der Waals surface area contributed by atoms with Crippen molar-refractivity contribution in [2.75, 3.05) is 6.61 Å². The molecule has 0 radical (unpaired) electrons. The van der Waals surface area contributed by atoms with E-state index in [1.54, 1.807) is 0 Å². The Hall–Kier alpha value is -0.980. The van der Waals surface area contributed by atoms with E-state index in [1.807, 2.05) is 0 Å². The Morgan fingerprint density at radius 1 is 0.909 bits per heavy atom. The van der Waals surface area contributed by atoms with Crippen LogP contribution >= 0.6 is 0 Å². The van der Waals surface area contributed by atoms with E-state index in [0.717, 1.165) is 31.6 Å². The van der Waals surface area contributed by atoms with Gasteiger partial charge in [0.2, 0.25) is 0 Å². The summed E-state index contributed by atoms with van der Waals surface area (Å²) in [6.07, 6.45) is 4.56. The lowest BCUT2D eigenvalue weighted by Gasteiger charge is -2.31. The van der Waals surface area contributed by atoms with Crippen molar-refractivity contribution in [3.8, 4) is 5.75 Å². The summed E-state index contributed by atoms with van der Waals surface area (Å²) >= 11 is 0. The average molecular weight is 305 g/mol. The minimum Gasteiger partial charge on any atom is -0.493 e. The predicted molar refractivity (Wildman–Crippen MR) is 98.2 cm³/mol. The van der Waals surface area contributed by atoms with Crippen LogP contribution in [0.1, 0.15) is 90.8 Å². The van der Waals surface area contributed by atoms with Gasteiger partial charge in [0.05, 0.1) is 6.61 Å². The second kappa shape index (κ2) is 7.53. The Labute approximate surface area is 138 Å². The van der Waals surface area contributed by atoms with Crippen LogP contribution < -0.4 is 4.74 Å². The van der Waals surface area contributed by atoms with Gasteiger partial charge in [-0.25, -0.2) is 0 Å². The summed E-state index contributed by atoms with van der Waals surface area (Å²) in [5.74, 6) is 1.12. The summed E-state index contributed by atoms with van der Waals surface area (Å²) in [4.78, 5) is 0. The first kappa shape index (κ1) is 19.1. The van der Waals surface area contributed by atoms with Crippen molar-refractivity contribution in [2.24, 2.45) is 0 Å². The van der Waals surface area contributed by atoms with Crippen molar-refractivity contribution in [2.45, 2.75) is 91.9 Å². The molecule has 0 unspecified atom stereocenters. The first-order valence-electron chi connectivity index (χ1n) is 8.98. The molecule has 0 N–H and O–H groups in total. The second-order valence-corrected chi connectivity index (χ2v) is 7.85. The number of hydrogen-bond acceptors (Lipinski definition) is 1. The molecule has 0 heterocycles. The van der Waals surface area contributed by atoms with Gasteiger partial charge in [0, 0.05) is 5.56 Å². The molecule has 1 aromatic rings. The largest absolute Gasteiger partial charge is 0.493 e. The Bertz CT molecular complexity index is 483. The molecular formula is C21H36O. The van der Waals surface area contributed by atoms with Crippen molar-refractivity contribution in [1.82, 2.24) is 0 Å². The SMILES string of the molecule is CCCCOc1c(C)cc(C(C)(C)CC)cc1C(C)(C)CC. The van der Waals surface area contributed by atoms with Crippen LogP contribution in [0.5, 0.6) is 5.75 Å². The normalized spacial score (nSPS) is 12.5. The molecule has 0 aliphatic carbocycles. The van der Waals surface area contributed by atoms with Crippen LogP contribution in [0.25, 0.3) is 0 Å². The highest BCUT2D eigenvalue weighted by Gasteiger charge is 2.28. The highest BCUT2D eigenvalue weighted by Crippen LogP contribution is 2.40. The third-order valence-corrected chi connectivity index (χ3v) is 5.30. The molecule has 0 spiro atoms. The molecule has 0 saturated heterocycles. The van der Waals surface area contributed by atoms with Gasteiger partial charge in [-0.3, -0.25) is 0 Å². The second-order valence-electron chi connectivity index (χ2n) is 7.85. The van der Waals surface area contributed by atoms with Crippen LogP contribution in [0, 0.1) is 6.92 Å². The molecule has 0 amide bonds. The number of benzene rings is 1. The standard InChI is InChI=1S/C21H36O/c1-9-12-13-22-19-16(4)14-17(20(5,6)10-2)15-18(19)21(7,8)11-3/h14-15H,9-13H2,1-8H3. The van der Waals surface area contributed by atoms with E-state index >= 15 is 0 Å². The Morgan fingerprint density at radius 2 is 1.50 bits per heavy atom. The van der Waals surface area contributed by atoms with E-state index in [1.165, 1.54) is 23.1 Å². The van der Waals surface area contributed by atoms with Gasteiger partial charge in [0.25, 0.3) is 0 Å². The third kappa shape index (κ3) is 4.27. The minimum atomic E-state index is 0.145. The van der Waals surface area contributed by atoms with E-state index in [0.29, 0.717) is 0 Å². The molecular weight excluding hydrogens is 268 g/mol. The molecule has 0 aliphatic rings. The van der Waals surface area contributed by atoms with Crippen LogP contribution in [0.2, 0.25) is 0 Å². The summed E-state index contributed by atoms with van der Waals surface area (Å²) in [5, 5.41) is 0. The summed E-state index contributed by atoms with van der Waals surface area (Å²) in [6, 6.07) is 4.74. The number of ether oxygens (including phenoxy) is 1. The van der Waals surface area contributed by atoms with Crippen molar-refractivity contribution in [3.63, 3.8) is 0 Å². The highest BCUT2D eigenvalue weighted by atomic mass is 16.5. The van der Waals surface area contributed by atoms with E-state index in [4.69, 9.17) is 4.74 Å². The number of unbranched alkanes of at least 4 members (excludes halogenated alkanes) is 1. The van der Waals surface area contributed by atoms with Gasteiger partial charge in [-0.05, 0) is 48.1 Å². The fourth-order valence-corrected chi connectivity index (χ4v) is 2.57. The van der Waals surface area contributed by atoms with E-state index in [2.05, 4.69) is 67.5 Å². The molecule has 0 aliphatic heterocycles. The Balaban J connectivity index is 3.37. The Kier molecular flexibility index (Phi) is 6.52. The first-order valence-corrected chi connectivity index (χ1v) is 8.98. The van der Waals surface area contributed by atoms with Gasteiger partial charge < -0.3 is 4.74 Å². The maximum atomic E-state index is 6.20. The van der Waals surface area contributed by atoms with Crippen LogP contribution in [0.4, 0.5) is 0 Å². The maximum Gasteiger partial charge on any atom is 0.125 e. The monoisotopic (exact) mass is 304 g/mol. The van der Waals surface area contributed by atoms with E-state index in [-0.39, 0.29) is 10.8 Å². The fourth-order valence-electron chi connectivity index (χ4n) is 2.57. The smallest absolute Gasteiger partial charge is 0.125 e. The fraction of sp³-hybridized carbons (Fsp3) is 0.714. The van der Waals surface area contributed by atoms with Crippen LogP contribution in [-0.4, -0.2) is 6.61 Å². The van der Waals surface area contributed by atoms with Crippen molar-refractivity contribution >= 4 is 0 Å². The highest BCUT2D eigenvalue weighted by molar-refractivity contribution is 5.49. The first-order chi connectivity index (χ1) is 10.2. The molecule has 1 rings (SSSR count). The molecule has 0 bridgehead atoms. The maximum absolute atomic E-state index is 6.20. The summed E-state index contributed by atoms with van der Waals surface area (Å²) in [5.41, 5.74) is 4.46. The zero-order chi connectivity index (χ0) is 17.0. The molecule has 1 aromatic carbocycles. The van der Waals surface area contributed by atoms with Gasteiger partial charge in [0.15, 0.2) is 0 Å². The lowest BCUT2D eigenvalue weighted by atomic mass is 9.75. The van der Waals surface area contributed by atoms with Crippen molar-refractivity contribution in [3.05, 3.63) is 28.8 Å². The molecule has 1 nitrogen and oxygen atoms in total. The van der Waals surface area contributed by atoms with Crippen LogP contribution in [0.15, 0.2) is 12.1 Å². The summed E-state index contributed by atoms with van der Waals surface area (Å²) < 4.78 is 6.20. The van der Waals surface area contributed by atoms with E-state index < -0.39 is 0 Å². The van der Waals surface area contributed by atoms with Gasteiger partial charge in [-0.2, -0.15) is 0 Å². The molecule has 22 heavy (non-hydrogen) atoms. The predicted octanol–water partition coefficient (Wildman–Crippen LogP) is 6.55. The minimum absolute atomic E-state index is 0.145. The lowest BCUT2D eigenvalue weighted by molar-refractivity contribution is 0.296.